The number of benzene rings is 2. The van der Waals surface area contributed by atoms with Crippen LogP contribution in [0.3, 0.4) is 0 Å². The van der Waals surface area contributed by atoms with Crippen molar-refractivity contribution in [2.24, 2.45) is 0 Å². The Bertz CT molecular complexity index is 1320. The van der Waals surface area contributed by atoms with E-state index in [2.05, 4.69) is 16.0 Å². The Morgan fingerprint density at radius 1 is 1.06 bits per heavy atom. The second-order valence-corrected chi connectivity index (χ2v) is 8.08. The van der Waals surface area contributed by atoms with Gasteiger partial charge in [-0.05, 0) is 37.1 Å². The monoisotopic (exact) mass is 467 g/mol. The summed E-state index contributed by atoms with van der Waals surface area (Å²) < 4.78 is 1.25. The van der Waals surface area contributed by atoms with Gasteiger partial charge in [0, 0.05) is 29.9 Å². The molecule has 0 radical (unpaired) electrons. The first kappa shape index (κ1) is 22.5. The summed E-state index contributed by atoms with van der Waals surface area (Å²) in [5.74, 6) is -1.37. The van der Waals surface area contributed by atoms with Crippen molar-refractivity contribution in [2.45, 2.75) is 32.7 Å². The molecule has 2 heterocycles. The standard InChI is InChI=1S/C23H22ClN5O4/c1-2-11-29-23(33)16-7-4-3-6-15(16)20(27-29)22(32)26-25-21(31)17-10-9-14(24)13-18(17)28-12-5-8-19(28)30/h3-4,6-7,9-10,13H,2,5,8,11-12H2,1H3,(H,25,31)(H,26,32). The van der Waals surface area contributed by atoms with Crippen LogP contribution in [0.15, 0.2) is 47.3 Å². The number of hydrogen-bond acceptors (Lipinski definition) is 5. The van der Waals surface area contributed by atoms with Crippen LogP contribution in [0.2, 0.25) is 5.02 Å². The summed E-state index contributed by atoms with van der Waals surface area (Å²) in [5.41, 5.74) is 5.07. The van der Waals surface area contributed by atoms with Crippen LogP contribution < -0.4 is 21.3 Å². The molecule has 3 aromatic rings. The number of fused-ring (bicyclic) bond motifs is 1. The Morgan fingerprint density at radius 3 is 2.48 bits per heavy atom. The van der Waals surface area contributed by atoms with Crippen molar-refractivity contribution in [1.82, 2.24) is 20.6 Å². The minimum Gasteiger partial charge on any atom is -0.312 e. The van der Waals surface area contributed by atoms with Crippen molar-refractivity contribution in [3.05, 3.63) is 69.1 Å². The predicted octanol–water partition coefficient (Wildman–Crippen LogP) is 2.66. The summed E-state index contributed by atoms with van der Waals surface area (Å²) in [4.78, 5) is 52.1. The molecule has 0 saturated carbocycles. The third-order valence-electron chi connectivity index (χ3n) is 5.38. The molecule has 10 heteroatoms. The number of anilines is 1. The van der Waals surface area contributed by atoms with E-state index in [1.165, 1.54) is 21.7 Å². The Morgan fingerprint density at radius 2 is 1.79 bits per heavy atom. The Hall–Kier alpha value is -3.72. The smallest absolute Gasteiger partial charge is 0.290 e. The highest BCUT2D eigenvalue weighted by molar-refractivity contribution is 6.31. The fourth-order valence-electron chi connectivity index (χ4n) is 3.83. The zero-order valence-electron chi connectivity index (χ0n) is 17.9. The molecular weight excluding hydrogens is 446 g/mol. The molecular formula is C23H22ClN5O4. The van der Waals surface area contributed by atoms with Gasteiger partial charge in [-0.2, -0.15) is 5.10 Å². The maximum absolute atomic E-state index is 12.9. The fourth-order valence-corrected chi connectivity index (χ4v) is 4.00. The molecule has 33 heavy (non-hydrogen) atoms. The summed E-state index contributed by atoms with van der Waals surface area (Å²) in [7, 11) is 0. The van der Waals surface area contributed by atoms with Gasteiger partial charge < -0.3 is 4.90 Å². The first-order chi connectivity index (χ1) is 15.9. The Balaban J connectivity index is 1.60. The predicted molar refractivity (Wildman–Crippen MR) is 124 cm³/mol. The second kappa shape index (κ2) is 9.41. The van der Waals surface area contributed by atoms with Crippen LogP contribution in [0.5, 0.6) is 0 Å². The maximum atomic E-state index is 12.9. The normalized spacial score (nSPS) is 13.4. The number of carbonyl (C=O) groups is 3. The van der Waals surface area contributed by atoms with E-state index in [-0.39, 0.29) is 22.7 Å². The van der Waals surface area contributed by atoms with Gasteiger partial charge in [0.2, 0.25) is 5.91 Å². The van der Waals surface area contributed by atoms with Gasteiger partial charge >= 0.3 is 0 Å². The topological polar surface area (TPSA) is 113 Å². The lowest BCUT2D eigenvalue weighted by Crippen LogP contribution is -2.43. The van der Waals surface area contributed by atoms with E-state index in [4.69, 9.17) is 11.6 Å². The highest BCUT2D eigenvalue weighted by Gasteiger charge is 2.26. The van der Waals surface area contributed by atoms with E-state index in [9.17, 15) is 19.2 Å². The first-order valence-corrected chi connectivity index (χ1v) is 11.0. The molecule has 0 atom stereocenters. The van der Waals surface area contributed by atoms with E-state index in [0.717, 1.165) is 0 Å². The van der Waals surface area contributed by atoms with E-state index in [0.29, 0.717) is 53.8 Å². The van der Waals surface area contributed by atoms with Gasteiger partial charge in [0.15, 0.2) is 5.69 Å². The number of halogens is 1. The quantitative estimate of drug-likeness (QED) is 0.560. The Labute approximate surface area is 194 Å². The van der Waals surface area contributed by atoms with E-state index < -0.39 is 11.8 Å². The first-order valence-electron chi connectivity index (χ1n) is 10.6. The second-order valence-electron chi connectivity index (χ2n) is 7.64. The molecule has 0 spiro atoms. The van der Waals surface area contributed by atoms with Gasteiger partial charge in [0.1, 0.15) is 0 Å². The maximum Gasteiger partial charge on any atom is 0.290 e. The number of aryl methyl sites for hydroxylation is 1. The molecule has 2 aromatic carbocycles. The number of rotatable bonds is 5. The van der Waals surface area contributed by atoms with Gasteiger partial charge in [-0.25, -0.2) is 4.68 Å². The SMILES string of the molecule is CCCn1nc(C(=O)NNC(=O)c2ccc(Cl)cc2N2CCCC2=O)c2ccccc2c1=O. The third kappa shape index (κ3) is 4.45. The molecule has 1 aromatic heterocycles. The molecule has 1 aliphatic rings. The van der Waals surface area contributed by atoms with Crippen molar-refractivity contribution in [3.63, 3.8) is 0 Å². The summed E-state index contributed by atoms with van der Waals surface area (Å²) in [5, 5.41) is 5.35. The number of hydrogen-bond donors (Lipinski definition) is 2. The lowest BCUT2D eigenvalue weighted by molar-refractivity contribution is -0.117. The third-order valence-corrected chi connectivity index (χ3v) is 5.61. The number of carbonyl (C=O) groups excluding carboxylic acids is 3. The molecule has 0 aliphatic carbocycles. The molecule has 0 unspecified atom stereocenters. The van der Waals surface area contributed by atoms with Crippen molar-refractivity contribution in [3.8, 4) is 0 Å². The molecule has 1 saturated heterocycles. The van der Waals surface area contributed by atoms with Gasteiger partial charge in [0.05, 0.1) is 16.6 Å². The van der Waals surface area contributed by atoms with Crippen LogP contribution in [-0.2, 0) is 11.3 Å². The van der Waals surface area contributed by atoms with Crippen LogP contribution in [0.1, 0.15) is 47.0 Å². The highest BCUT2D eigenvalue weighted by Crippen LogP contribution is 2.28. The molecule has 3 amide bonds. The largest absolute Gasteiger partial charge is 0.312 e. The lowest BCUT2D eigenvalue weighted by atomic mass is 10.1. The number of amides is 3. The molecule has 1 aliphatic heterocycles. The van der Waals surface area contributed by atoms with Crippen molar-refractivity contribution in [2.75, 3.05) is 11.4 Å². The van der Waals surface area contributed by atoms with E-state index in [1.54, 1.807) is 30.3 Å². The van der Waals surface area contributed by atoms with Gasteiger partial charge in [0.25, 0.3) is 17.4 Å². The zero-order valence-corrected chi connectivity index (χ0v) is 18.7. The average molecular weight is 468 g/mol. The fraction of sp³-hybridized carbons (Fsp3) is 0.261. The van der Waals surface area contributed by atoms with Crippen molar-refractivity contribution >= 4 is 45.8 Å². The van der Waals surface area contributed by atoms with E-state index >= 15 is 0 Å². The van der Waals surface area contributed by atoms with Crippen LogP contribution in [-0.4, -0.2) is 34.0 Å². The van der Waals surface area contributed by atoms with Crippen LogP contribution in [0.4, 0.5) is 5.69 Å². The van der Waals surface area contributed by atoms with Crippen molar-refractivity contribution < 1.29 is 14.4 Å². The van der Waals surface area contributed by atoms with Gasteiger partial charge in [-0.1, -0.05) is 36.7 Å². The molecule has 0 bridgehead atoms. The molecule has 4 rings (SSSR count). The van der Waals surface area contributed by atoms with E-state index in [1.807, 2.05) is 6.92 Å². The summed E-state index contributed by atoms with van der Waals surface area (Å²) in [6, 6.07) is 11.3. The highest BCUT2D eigenvalue weighted by atomic mass is 35.5. The zero-order chi connectivity index (χ0) is 23.5. The minimum absolute atomic E-state index is 0.0185. The molecule has 2 N–H and O–H groups in total. The number of aromatic nitrogens is 2. The average Bonchev–Trinajstić information content (AvgIpc) is 3.25. The minimum atomic E-state index is -0.669. The van der Waals surface area contributed by atoms with Gasteiger partial charge in [-0.3, -0.25) is 30.0 Å². The summed E-state index contributed by atoms with van der Waals surface area (Å²) in [6.07, 6.45) is 1.75. The van der Waals surface area contributed by atoms with Crippen LogP contribution in [0.25, 0.3) is 10.8 Å². The van der Waals surface area contributed by atoms with Crippen LogP contribution >= 0.6 is 11.6 Å². The molecule has 1 fully saturated rings. The number of hydrazine groups is 1. The summed E-state index contributed by atoms with van der Waals surface area (Å²) in [6.45, 7) is 2.74. The Kier molecular flexibility index (Phi) is 6.41. The number of nitrogens with zero attached hydrogens (tertiary/aromatic N) is 3. The molecule has 9 nitrogen and oxygen atoms in total. The summed E-state index contributed by atoms with van der Waals surface area (Å²) >= 11 is 6.09. The lowest BCUT2D eigenvalue weighted by Gasteiger charge is -2.20. The number of nitrogens with one attached hydrogen (secondary N) is 2. The molecule has 170 valence electrons. The van der Waals surface area contributed by atoms with Gasteiger partial charge in [-0.15, -0.1) is 0 Å². The van der Waals surface area contributed by atoms with Crippen molar-refractivity contribution in [1.29, 1.82) is 0 Å². The van der Waals surface area contributed by atoms with Crippen LogP contribution in [0, 0.1) is 0 Å².